The Hall–Kier alpha value is -1.72. The van der Waals surface area contributed by atoms with Gasteiger partial charge in [0.25, 0.3) is 5.85 Å². The molecule has 2 rings (SSSR count). The van der Waals surface area contributed by atoms with Gasteiger partial charge in [-0.3, -0.25) is 5.73 Å². The number of hydrogen-bond donors (Lipinski definition) is 2. The molecule has 1 heterocycles. The highest BCUT2D eigenvalue weighted by Crippen LogP contribution is 2.22. The van der Waals surface area contributed by atoms with E-state index in [-0.39, 0.29) is 6.61 Å². The lowest BCUT2D eigenvalue weighted by Gasteiger charge is -2.27. The molecule has 1 aromatic carbocycles. The van der Waals surface area contributed by atoms with Gasteiger partial charge in [0, 0.05) is 18.4 Å². The zero-order valence-corrected chi connectivity index (χ0v) is 9.48. The van der Waals surface area contributed by atoms with Crippen LogP contribution in [0.1, 0.15) is 12.5 Å². The van der Waals surface area contributed by atoms with Gasteiger partial charge >= 0.3 is 0 Å². The molecule has 4 nitrogen and oxygen atoms in total. The lowest BCUT2D eigenvalue weighted by molar-refractivity contribution is -0.0160. The standard InChI is InChI=1S/C12H14FN3O/c1-2-17-12(14)10(13)8-15-11(16-12)9-6-4-3-5-7-9/h3-8H,2,14H2,1H3,(H,15,16). The molecule has 0 aromatic heterocycles. The predicted octanol–water partition coefficient (Wildman–Crippen LogP) is 1.50. The van der Waals surface area contributed by atoms with Crippen LogP contribution in [0.2, 0.25) is 0 Å². The SMILES string of the molecule is CCOC1(N)N=C(c2ccccc2)NC=C1F. The predicted molar refractivity (Wildman–Crippen MR) is 63.9 cm³/mol. The van der Waals surface area contributed by atoms with Gasteiger partial charge in [-0.25, -0.2) is 9.38 Å². The Morgan fingerprint density at radius 1 is 1.41 bits per heavy atom. The number of nitrogens with two attached hydrogens (primary N) is 1. The monoisotopic (exact) mass is 235 g/mol. The van der Waals surface area contributed by atoms with E-state index in [9.17, 15) is 4.39 Å². The van der Waals surface area contributed by atoms with Gasteiger partial charge in [0.15, 0.2) is 5.83 Å². The molecule has 0 saturated carbocycles. The van der Waals surface area contributed by atoms with Gasteiger partial charge in [-0.05, 0) is 6.92 Å². The van der Waals surface area contributed by atoms with Gasteiger partial charge in [-0.1, -0.05) is 30.3 Å². The molecule has 0 aliphatic carbocycles. The number of aliphatic imine (C=N–C) groups is 1. The average molecular weight is 235 g/mol. The molecule has 1 aliphatic heterocycles. The highest BCUT2D eigenvalue weighted by Gasteiger charge is 2.34. The highest BCUT2D eigenvalue weighted by atomic mass is 19.1. The number of benzene rings is 1. The minimum atomic E-state index is -1.72. The Labute approximate surface area is 99.0 Å². The first kappa shape index (κ1) is 11.8. The van der Waals surface area contributed by atoms with Crippen LogP contribution in [-0.4, -0.2) is 18.3 Å². The van der Waals surface area contributed by atoms with Gasteiger partial charge < -0.3 is 10.1 Å². The molecule has 0 saturated heterocycles. The normalized spacial score (nSPS) is 23.7. The van der Waals surface area contributed by atoms with Gasteiger partial charge in [0.05, 0.1) is 0 Å². The molecule has 5 heteroatoms. The molecular weight excluding hydrogens is 221 g/mol. The van der Waals surface area contributed by atoms with Crippen molar-refractivity contribution in [1.29, 1.82) is 0 Å². The number of hydrogen-bond acceptors (Lipinski definition) is 4. The fourth-order valence-corrected chi connectivity index (χ4v) is 1.55. The van der Waals surface area contributed by atoms with E-state index in [1.165, 1.54) is 6.20 Å². The lowest BCUT2D eigenvalue weighted by Crippen LogP contribution is -2.47. The molecule has 0 fully saturated rings. The summed E-state index contributed by atoms with van der Waals surface area (Å²) in [6.07, 6.45) is 1.17. The highest BCUT2D eigenvalue weighted by molar-refractivity contribution is 6.00. The molecular formula is C12H14FN3O. The third-order valence-corrected chi connectivity index (χ3v) is 2.37. The van der Waals surface area contributed by atoms with Crippen molar-refractivity contribution < 1.29 is 9.13 Å². The van der Waals surface area contributed by atoms with Gasteiger partial charge in [-0.15, -0.1) is 0 Å². The summed E-state index contributed by atoms with van der Waals surface area (Å²) >= 11 is 0. The third kappa shape index (κ3) is 2.35. The second-order valence-corrected chi connectivity index (χ2v) is 3.59. The minimum absolute atomic E-state index is 0.281. The summed E-state index contributed by atoms with van der Waals surface area (Å²) in [5.41, 5.74) is 6.57. The molecule has 0 amide bonds. The summed E-state index contributed by atoms with van der Waals surface area (Å²) in [5, 5.41) is 2.75. The van der Waals surface area contributed by atoms with Crippen molar-refractivity contribution in [2.24, 2.45) is 10.7 Å². The van der Waals surface area contributed by atoms with Crippen molar-refractivity contribution in [2.45, 2.75) is 12.8 Å². The van der Waals surface area contributed by atoms with E-state index in [0.29, 0.717) is 5.84 Å². The molecule has 0 bridgehead atoms. The minimum Gasteiger partial charge on any atom is -0.344 e. The van der Waals surface area contributed by atoms with E-state index in [1.54, 1.807) is 6.92 Å². The van der Waals surface area contributed by atoms with Crippen LogP contribution in [0.15, 0.2) is 47.4 Å². The van der Waals surface area contributed by atoms with Crippen LogP contribution in [0.3, 0.4) is 0 Å². The first-order chi connectivity index (χ1) is 8.15. The average Bonchev–Trinajstić information content (AvgIpc) is 2.34. The van der Waals surface area contributed by atoms with Gasteiger partial charge in [0.1, 0.15) is 5.84 Å². The summed E-state index contributed by atoms with van der Waals surface area (Å²) in [6.45, 7) is 2.02. The number of ether oxygens (including phenoxy) is 1. The molecule has 1 aromatic rings. The second kappa shape index (κ2) is 4.65. The maximum absolute atomic E-state index is 13.5. The molecule has 0 spiro atoms. The quantitative estimate of drug-likeness (QED) is 0.780. The van der Waals surface area contributed by atoms with Crippen molar-refractivity contribution in [3.05, 3.63) is 47.9 Å². The van der Waals surface area contributed by atoms with Crippen LogP contribution in [0.4, 0.5) is 4.39 Å². The summed E-state index contributed by atoms with van der Waals surface area (Å²) in [4.78, 5) is 4.07. The number of rotatable bonds is 3. The Balaban J connectivity index is 2.33. The first-order valence-corrected chi connectivity index (χ1v) is 5.36. The van der Waals surface area contributed by atoms with Crippen LogP contribution in [0, 0.1) is 0 Å². The van der Waals surface area contributed by atoms with E-state index in [0.717, 1.165) is 5.56 Å². The Kier molecular flexibility index (Phi) is 3.21. The largest absolute Gasteiger partial charge is 0.344 e. The summed E-state index contributed by atoms with van der Waals surface area (Å²) in [7, 11) is 0. The molecule has 17 heavy (non-hydrogen) atoms. The fraction of sp³-hybridized carbons (Fsp3) is 0.250. The third-order valence-electron chi connectivity index (χ3n) is 2.37. The van der Waals surface area contributed by atoms with Crippen molar-refractivity contribution in [2.75, 3.05) is 6.61 Å². The summed E-state index contributed by atoms with van der Waals surface area (Å²) in [5.74, 6) is -1.87. The van der Waals surface area contributed by atoms with Crippen molar-refractivity contribution in [3.63, 3.8) is 0 Å². The Morgan fingerprint density at radius 3 is 2.76 bits per heavy atom. The van der Waals surface area contributed by atoms with Crippen molar-refractivity contribution in [1.82, 2.24) is 5.32 Å². The topological polar surface area (TPSA) is 59.6 Å². The fourth-order valence-electron chi connectivity index (χ4n) is 1.55. The zero-order valence-electron chi connectivity index (χ0n) is 9.48. The van der Waals surface area contributed by atoms with E-state index < -0.39 is 11.7 Å². The maximum atomic E-state index is 13.5. The van der Waals surface area contributed by atoms with E-state index in [4.69, 9.17) is 10.5 Å². The van der Waals surface area contributed by atoms with Crippen molar-refractivity contribution >= 4 is 5.84 Å². The van der Waals surface area contributed by atoms with Crippen LogP contribution in [0.5, 0.6) is 0 Å². The van der Waals surface area contributed by atoms with Crippen LogP contribution in [-0.2, 0) is 4.74 Å². The molecule has 1 aliphatic rings. The van der Waals surface area contributed by atoms with Crippen LogP contribution in [0.25, 0.3) is 0 Å². The number of nitrogens with one attached hydrogen (secondary N) is 1. The van der Waals surface area contributed by atoms with Crippen molar-refractivity contribution in [3.8, 4) is 0 Å². The first-order valence-electron chi connectivity index (χ1n) is 5.36. The summed E-state index contributed by atoms with van der Waals surface area (Å²) < 4.78 is 18.7. The number of halogens is 1. The molecule has 90 valence electrons. The van der Waals surface area contributed by atoms with Gasteiger partial charge in [0.2, 0.25) is 0 Å². The molecule has 0 radical (unpaired) electrons. The Bertz CT molecular complexity index is 458. The maximum Gasteiger partial charge on any atom is 0.271 e. The molecule has 3 N–H and O–H groups in total. The Morgan fingerprint density at radius 2 is 2.12 bits per heavy atom. The van der Waals surface area contributed by atoms with E-state index in [2.05, 4.69) is 10.3 Å². The van der Waals surface area contributed by atoms with E-state index >= 15 is 0 Å². The smallest absolute Gasteiger partial charge is 0.271 e. The molecule has 1 unspecified atom stereocenters. The second-order valence-electron chi connectivity index (χ2n) is 3.59. The number of amidine groups is 1. The zero-order chi connectivity index (χ0) is 12.3. The van der Waals surface area contributed by atoms with Gasteiger partial charge in [-0.2, -0.15) is 0 Å². The number of nitrogens with zero attached hydrogens (tertiary/aromatic N) is 1. The van der Waals surface area contributed by atoms with Crippen LogP contribution >= 0.6 is 0 Å². The lowest BCUT2D eigenvalue weighted by atomic mass is 10.2. The molecule has 1 atom stereocenters. The van der Waals surface area contributed by atoms with E-state index in [1.807, 2.05) is 30.3 Å². The van der Waals surface area contributed by atoms with Crippen LogP contribution < -0.4 is 11.1 Å². The summed E-state index contributed by atoms with van der Waals surface area (Å²) in [6, 6.07) is 9.34.